The third-order valence-corrected chi connectivity index (χ3v) is 6.99. The summed E-state index contributed by atoms with van der Waals surface area (Å²) in [6.07, 6.45) is 1.36. The van der Waals surface area contributed by atoms with Gasteiger partial charge in [-0.1, -0.05) is 49.4 Å². The van der Waals surface area contributed by atoms with Gasteiger partial charge in [0, 0.05) is 19.9 Å². The Balaban J connectivity index is 0.00000441. The summed E-state index contributed by atoms with van der Waals surface area (Å²) in [5, 5.41) is 5.95. The van der Waals surface area contributed by atoms with Gasteiger partial charge in [0.15, 0.2) is 0 Å². The Bertz CT molecular complexity index is 1440. The lowest BCUT2D eigenvalue weighted by Crippen LogP contribution is -2.24. The van der Waals surface area contributed by atoms with Crippen LogP contribution < -0.4 is 10.1 Å². The Hall–Kier alpha value is -3.70. The van der Waals surface area contributed by atoms with Gasteiger partial charge in [-0.2, -0.15) is 0 Å². The van der Waals surface area contributed by atoms with E-state index in [0.717, 1.165) is 50.8 Å². The number of ether oxygens (including phenoxy) is 2. The summed E-state index contributed by atoms with van der Waals surface area (Å²) < 4.78 is 25.5. The van der Waals surface area contributed by atoms with Crippen LogP contribution in [0.3, 0.4) is 0 Å². The first-order valence-electron chi connectivity index (χ1n) is 13.7. The van der Waals surface area contributed by atoms with Crippen molar-refractivity contribution in [1.29, 1.82) is 0 Å². The van der Waals surface area contributed by atoms with Gasteiger partial charge in [-0.3, -0.25) is 4.79 Å². The highest BCUT2D eigenvalue weighted by molar-refractivity contribution is 5.97. The van der Waals surface area contributed by atoms with Gasteiger partial charge in [-0.25, -0.2) is 4.39 Å². The summed E-state index contributed by atoms with van der Waals surface area (Å²) in [6, 6.07) is 26.0. The number of carbonyl (C=O) groups excluding carboxylic acids is 1. The van der Waals surface area contributed by atoms with Gasteiger partial charge in [0.25, 0.3) is 0 Å². The Morgan fingerprint density at radius 1 is 0.949 bits per heavy atom. The largest absolute Gasteiger partial charge is 0.497 e. The fourth-order valence-electron chi connectivity index (χ4n) is 5.05. The lowest BCUT2D eigenvalue weighted by atomic mass is 9.91. The molecular weight excluding hydrogens is 489 g/mol. The van der Waals surface area contributed by atoms with Crippen LogP contribution in [-0.2, 0) is 16.0 Å². The van der Waals surface area contributed by atoms with Crippen molar-refractivity contribution < 1.29 is 20.1 Å². The lowest BCUT2D eigenvalue weighted by Gasteiger charge is -2.25. The number of methoxy groups -OCH3 is 1. The number of nitrogens with one attached hydrogen (secondary N) is 1. The summed E-state index contributed by atoms with van der Waals surface area (Å²) in [5.74, 6) is 0.248. The summed E-state index contributed by atoms with van der Waals surface area (Å²) in [6.45, 7) is 7.97. The molecule has 0 heterocycles. The standard InChI is InChI=1S/C34H38FNO3.H2/c1-6-33(36-23(4)25-11-9-12-30(20-25)38-5)28-18-26-10-7-8-13-31(26)32(21-28)27-16-24(17-29(35)19-27)14-15-34(37)39-22(2)3;/h7-13,16-23,33,36H,6,14-15H2,1-5H3;1H/t23-,33?;/m1./s1. The molecule has 0 saturated heterocycles. The van der Waals surface area contributed by atoms with Crippen LogP contribution in [0.4, 0.5) is 4.39 Å². The monoisotopic (exact) mass is 529 g/mol. The minimum Gasteiger partial charge on any atom is -0.497 e. The quantitative estimate of drug-likeness (QED) is 0.198. The zero-order valence-corrected chi connectivity index (χ0v) is 23.5. The van der Waals surface area contributed by atoms with Crippen LogP contribution in [0.2, 0.25) is 0 Å². The van der Waals surface area contributed by atoms with Crippen LogP contribution in [0.5, 0.6) is 5.75 Å². The van der Waals surface area contributed by atoms with Gasteiger partial charge < -0.3 is 14.8 Å². The Kier molecular flexibility index (Phi) is 9.36. The van der Waals surface area contributed by atoms with E-state index < -0.39 is 0 Å². The normalized spacial score (nSPS) is 12.9. The maximum Gasteiger partial charge on any atom is 0.306 e. The van der Waals surface area contributed by atoms with Crippen LogP contribution in [0, 0.1) is 5.82 Å². The molecule has 0 fully saturated rings. The minimum atomic E-state index is -0.314. The van der Waals surface area contributed by atoms with Crippen LogP contribution >= 0.6 is 0 Å². The van der Waals surface area contributed by atoms with Crippen LogP contribution in [0.1, 0.15) is 70.7 Å². The number of hydrogen-bond donors (Lipinski definition) is 1. The first kappa shape index (κ1) is 28.3. The molecule has 0 aliphatic heterocycles. The number of esters is 1. The average molecular weight is 530 g/mol. The molecule has 39 heavy (non-hydrogen) atoms. The molecule has 0 amide bonds. The van der Waals surface area contributed by atoms with E-state index >= 15 is 0 Å². The molecular formula is C34H40FNO3. The summed E-state index contributed by atoms with van der Waals surface area (Å²) in [5.41, 5.74) is 4.85. The molecule has 206 valence electrons. The molecule has 4 rings (SSSR count). The summed E-state index contributed by atoms with van der Waals surface area (Å²) in [7, 11) is 1.68. The molecule has 0 aliphatic carbocycles. The van der Waals surface area contributed by atoms with Gasteiger partial charge in [0.2, 0.25) is 0 Å². The maximum atomic E-state index is 14.9. The van der Waals surface area contributed by atoms with Crippen LogP contribution in [0.25, 0.3) is 21.9 Å². The van der Waals surface area contributed by atoms with Crippen molar-refractivity contribution in [3.05, 3.63) is 101 Å². The van der Waals surface area contributed by atoms with E-state index in [1.807, 2.05) is 44.2 Å². The Labute approximate surface area is 232 Å². The molecule has 1 N–H and O–H groups in total. The Morgan fingerprint density at radius 3 is 2.49 bits per heavy atom. The number of halogens is 1. The van der Waals surface area contributed by atoms with E-state index in [9.17, 15) is 9.18 Å². The highest BCUT2D eigenvalue weighted by atomic mass is 19.1. The van der Waals surface area contributed by atoms with E-state index in [1.165, 1.54) is 6.07 Å². The van der Waals surface area contributed by atoms with Crippen molar-refractivity contribution in [2.24, 2.45) is 0 Å². The van der Waals surface area contributed by atoms with Crippen molar-refractivity contribution in [3.63, 3.8) is 0 Å². The molecule has 0 bridgehead atoms. The highest BCUT2D eigenvalue weighted by Crippen LogP contribution is 2.35. The molecule has 4 aromatic carbocycles. The molecule has 0 radical (unpaired) electrons. The number of hydrogen-bond acceptors (Lipinski definition) is 4. The molecule has 0 saturated carbocycles. The third kappa shape index (κ3) is 7.24. The predicted octanol–water partition coefficient (Wildman–Crippen LogP) is 8.59. The van der Waals surface area contributed by atoms with E-state index in [-0.39, 0.29) is 37.8 Å². The van der Waals surface area contributed by atoms with Crippen molar-refractivity contribution >= 4 is 16.7 Å². The minimum absolute atomic E-state index is 0. The predicted molar refractivity (Wildman–Crippen MR) is 159 cm³/mol. The van der Waals surface area contributed by atoms with Crippen molar-refractivity contribution in [2.75, 3.05) is 7.11 Å². The first-order chi connectivity index (χ1) is 18.8. The number of benzene rings is 4. The molecule has 4 aromatic rings. The fourth-order valence-corrected chi connectivity index (χ4v) is 5.05. The van der Waals surface area contributed by atoms with Gasteiger partial charge in [-0.15, -0.1) is 0 Å². The molecule has 0 spiro atoms. The average Bonchev–Trinajstić information content (AvgIpc) is 2.93. The van der Waals surface area contributed by atoms with Crippen molar-refractivity contribution in [2.45, 2.75) is 65.1 Å². The molecule has 1 unspecified atom stereocenters. The molecule has 4 nitrogen and oxygen atoms in total. The number of aryl methyl sites for hydroxylation is 1. The number of carbonyl (C=O) groups is 1. The number of rotatable bonds is 11. The highest BCUT2D eigenvalue weighted by Gasteiger charge is 2.18. The second kappa shape index (κ2) is 12.9. The zero-order valence-electron chi connectivity index (χ0n) is 23.5. The van der Waals surface area contributed by atoms with Gasteiger partial charge in [-0.05, 0) is 109 Å². The van der Waals surface area contributed by atoms with E-state index in [0.29, 0.717) is 6.42 Å². The van der Waals surface area contributed by atoms with E-state index in [2.05, 4.69) is 55.6 Å². The first-order valence-corrected chi connectivity index (χ1v) is 13.7. The third-order valence-electron chi connectivity index (χ3n) is 6.99. The fraction of sp³-hybridized carbons (Fsp3) is 0.324. The smallest absolute Gasteiger partial charge is 0.306 e. The maximum absolute atomic E-state index is 14.9. The molecule has 0 aliphatic rings. The zero-order chi connectivity index (χ0) is 27.9. The van der Waals surface area contributed by atoms with Crippen molar-refractivity contribution in [3.8, 4) is 16.9 Å². The van der Waals surface area contributed by atoms with Gasteiger partial charge in [0.05, 0.1) is 13.2 Å². The van der Waals surface area contributed by atoms with E-state index in [4.69, 9.17) is 9.47 Å². The molecule has 2 atom stereocenters. The number of fused-ring (bicyclic) bond motifs is 1. The topological polar surface area (TPSA) is 47.6 Å². The van der Waals surface area contributed by atoms with Gasteiger partial charge >= 0.3 is 5.97 Å². The summed E-state index contributed by atoms with van der Waals surface area (Å²) >= 11 is 0. The SMILES string of the molecule is CCC(N[C@H](C)c1cccc(OC)c1)c1cc(-c2cc(F)cc(CCC(=O)OC(C)C)c2)c2ccccc2c1.[HH]. The van der Waals surface area contributed by atoms with Crippen LogP contribution in [-0.4, -0.2) is 19.2 Å². The summed E-state index contributed by atoms with van der Waals surface area (Å²) in [4.78, 5) is 12.1. The van der Waals surface area contributed by atoms with Crippen LogP contribution in [0.15, 0.2) is 78.9 Å². The second-order valence-corrected chi connectivity index (χ2v) is 10.3. The van der Waals surface area contributed by atoms with Crippen molar-refractivity contribution in [1.82, 2.24) is 5.32 Å². The molecule has 5 heteroatoms. The second-order valence-electron chi connectivity index (χ2n) is 10.3. The van der Waals surface area contributed by atoms with Gasteiger partial charge in [0.1, 0.15) is 11.6 Å². The lowest BCUT2D eigenvalue weighted by molar-refractivity contribution is -0.147. The Morgan fingerprint density at radius 2 is 1.74 bits per heavy atom. The molecule has 0 aromatic heterocycles. The van der Waals surface area contributed by atoms with E-state index in [1.54, 1.807) is 13.2 Å².